The molecule has 1 amide bonds. The van der Waals surface area contributed by atoms with Gasteiger partial charge in [0.15, 0.2) is 11.9 Å². The van der Waals surface area contributed by atoms with Crippen LogP contribution < -0.4 is 9.64 Å². The van der Waals surface area contributed by atoms with Crippen LogP contribution in [0.3, 0.4) is 0 Å². The number of ether oxygens (including phenoxy) is 4. The molecule has 2 aliphatic rings. The second-order valence-electron chi connectivity index (χ2n) is 8.23. The number of methoxy groups -OCH3 is 1. The zero-order chi connectivity index (χ0) is 22.4. The molecule has 0 N–H and O–H groups in total. The Morgan fingerprint density at radius 3 is 2.32 bits per heavy atom. The Kier molecular flexibility index (Phi) is 5.27. The second-order valence-corrected chi connectivity index (χ2v) is 8.23. The molecule has 4 rings (SSSR count). The van der Waals surface area contributed by atoms with Crippen LogP contribution in [0, 0.1) is 6.92 Å². The van der Waals surface area contributed by atoms with Crippen molar-refractivity contribution in [2.75, 3.05) is 18.6 Å². The average Bonchev–Trinajstić information content (AvgIpc) is 3.06. The Morgan fingerprint density at radius 1 is 1.10 bits per heavy atom. The summed E-state index contributed by atoms with van der Waals surface area (Å²) in [5.74, 6) is -1.38. The number of aryl methyl sites for hydroxylation is 1. The van der Waals surface area contributed by atoms with Crippen molar-refractivity contribution >= 4 is 17.6 Å². The molecule has 7 nitrogen and oxygen atoms in total. The van der Waals surface area contributed by atoms with Crippen molar-refractivity contribution in [3.05, 3.63) is 59.7 Å². The van der Waals surface area contributed by atoms with Gasteiger partial charge in [0.05, 0.1) is 13.7 Å². The first kappa shape index (κ1) is 21.3. The number of hydrogen-bond acceptors (Lipinski definition) is 6. The van der Waals surface area contributed by atoms with E-state index >= 15 is 0 Å². The number of esters is 1. The molecule has 2 saturated heterocycles. The van der Waals surface area contributed by atoms with E-state index in [1.165, 1.54) is 0 Å². The first-order valence-electron chi connectivity index (χ1n) is 10.3. The molecule has 0 radical (unpaired) electrons. The van der Waals surface area contributed by atoms with E-state index in [1.807, 2.05) is 43.3 Å². The zero-order valence-corrected chi connectivity index (χ0v) is 18.4. The third-order valence-corrected chi connectivity index (χ3v) is 5.67. The van der Waals surface area contributed by atoms with Crippen LogP contribution in [-0.2, 0) is 23.8 Å². The normalized spacial score (nSPS) is 26.6. The Balaban J connectivity index is 1.83. The van der Waals surface area contributed by atoms with Gasteiger partial charge in [-0.05, 0) is 57.5 Å². The molecule has 0 bridgehead atoms. The number of nitrogens with zero attached hydrogens (tertiary/aromatic N) is 1. The number of β-lactam (4-membered cyclic amide) rings is 1. The maximum absolute atomic E-state index is 13.7. The molecule has 0 unspecified atom stereocenters. The SMILES string of the molecule is CCOC(=O)[C@H]1OC(C)(C)O[C@]12C(=O)N(c1ccc(OC)cc1)[C@H]2c1ccc(C)cc1. The molecule has 7 heteroatoms. The molecule has 31 heavy (non-hydrogen) atoms. The van der Waals surface area contributed by atoms with Gasteiger partial charge in [-0.2, -0.15) is 0 Å². The van der Waals surface area contributed by atoms with E-state index in [4.69, 9.17) is 18.9 Å². The molecule has 0 aromatic heterocycles. The molecule has 2 aliphatic heterocycles. The summed E-state index contributed by atoms with van der Waals surface area (Å²) in [4.78, 5) is 28.2. The van der Waals surface area contributed by atoms with Gasteiger partial charge in [0.1, 0.15) is 11.8 Å². The van der Waals surface area contributed by atoms with E-state index in [0.29, 0.717) is 11.4 Å². The average molecular weight is 425 g/mol. The van der Waals surface area contributed by atoms with Gasteiger partial charge in [0.2, 0.25) is 5.60 Å². The molecule has 1 spiro atoms. The number of anilines is 1. The van der Waals surface area contributed by atoms with Crippen LogP contribution in [0.1, 0.15) is 37.9 Å². The minimum atomic E-state index is -1.51. The first-order chi connectivity index (χ1) is 14.7. The van der Waals surface area contributed by atoms with Crippen LogP contribution in [0.25, 0.3) is 0 Å². The fourth-order valence-electron chi connectivity index (χ4n) is 4.35. The van der Waals surface area contributed by atoms with E-state index < -0.39 is 29.5 Å². The highest BCUT2D eigenvalue weighted by molar-refractivity contribution is 6.11. The molecular formula is C24H27NO6. The molecular weight excluding hydrogens is 398 g/mol. The number of carbonyl (C=O) groups is 2. The lowest BCUT2D eigenvalue weighted by Crippen LogP contribution is -2.74. The molecule has 0 saturated carbocycles. The number of hydrogen-bond donors (Lipinski definition) is 0. The monoisotopic (exact) mass is 425 g/mol. The Morgan fingerprint density at radius 2 is 1.74 bits per heavy atom. The zero-order valence-electron chi connectivity index (χ0n) is 18.4. The summed E-state index contributed by atoms with van der Waals surface area (Å²) in [6, 6.07) is 14.5. The van der Waals surface area contributed by atoms with Gasteiger partial charge in [-0.25, -0.2) is 4.79 Å². The van der Waals surface area contributed by atoms with Crippen molar-refractivity contribution in [2.24, 2.45) is 0 Å². The molecule has 2 heterocycles. The van der Waals surface area contributed by atoms with E-state index in [2.05, 4.69) is 0 Å². The van der Waals surface area contributed by atoms with Crippen molar-refractivity contribution < 1.29 is 28.5 Å². The highest BCUT2D eigenvalue weighted by atomic mass is 16.8. The lowest BCUT2D eigenvalue weighted by atomic mass is 9.73. The third-order valence-electron chi connectivity index (χ3n) is 5.67. The number of rotatable bonds is 5. The Hall–Kier alpha value is -2.90. The van der Waals surface area contributed by atoms with Gasteiger partial charge < -0.3 is 18.9 Å². The molecule has 0 aliphatic carbocycles. The molecule has 3 atom stereocenters. The molecule has 164 valence electrons. The summed E-state index contributed by atoms with van der Waals surface area (Å²) in [7, 11) is 1.59. The second kappa shape index (κ2) is 7.66. The minimum absolute atomic E-state index is 0.181. The van der Waals surface area contributed by atoms with Gasteiger partial charge >= 0.3 is 5.97 Å². The standard InChI is InChI=1S/C24H27NO6/c1-6-29-21(26)20-24(31-23(3,4)30-20)19(16-9-7-15(2)8-10-16)25(22(24)27)17-11-13-18(28-5)14-12-17/h7-14,19-20H,6H2,1-5H3/t19-,20+,24-/m0/s1. The molecule has 2 aromatic carbocycles. The maximum atomic E-state index is 13.7. The fraction of sp³-hybridized carbons (Fsp3) is 0.417. The molecule has 2 fully saturated rings. The summed E-state index contributed by atoms with van der Waals surface area (Å²) >= 11 is 0. The first-order valence-corrected chi connectivity index (χ1v) is 10.3. The van der Waals surface area contributed by atoms with E-state index in [1.54, 1.807) is 44.9 Å². The van der Waals surface area contributed by atoms with Crippen molar-refractivity contribution in [3.8, 4) is 5.75 Å². The van der Waals surface area contributed by atoms with Crippen molar-refractivity contribution in [1.82, 2.24) is 0 Å². The van der Waals surface area contributed by atoms with Gasteiger partial charge in [0, 0.05) is 5.69 Å². The predicted molar refractivity (Wildman–Crippen MR) is 114 cm³/mol. The lowest BCUT2D eigenvalue weighted by Gasteiger charge is -2.54. The van der Waals surface area contributed by atoms with Crippen LogP contribution in [0.15, 0.2) is 48.5 Å². The summed E-state index contributed by atoms with van der Waals surface area (Å²) in [6.45, 7) is 7.29. The summed E-state index contributed by atoms with van der Waals surface area (Å²) in [5.41, 5.74) is 1.10. The third kappa shape index (κ3) is 3.38. The predicted octanol–water partition coefficient (Wildman–Crippen LogP) is 3.54. The van der Waals surface area contributed by atoms with E-state index in [0.717, 1.165) is 11.1 Å². The molecule has 2 aromatic rings. The van der Waals surface area contributed by atoms with Crippen LogP contribution in [-0.4, -0.2) is 43.1 Å². The van der Waals surface area contributed by atoms with Crippen LogP contribution in [0.4, 0.5) is 5.69 Å². The summed E-state index contributed by atoms with van der Waals surface area (Å²) < 4.78 is 22.6. The number of benzene rings is 2. The van der Waals surface area contributed by atoms with Crippen molar-refractivity contribution in [2.45, 2.75) is 51.2 Å². The Bertz CT molecular complexity index is 984. The maximum Gasteiger partial charge on any atom is 0.339 e. The quantitative estimate of drug-likeness (QED) is 0.539. The van der Waals surface area contributed by atoms with Crippen LogP contribution in [0.5, 0.6) is 5.75 Å². The largest absolute Gasteiger partial charge is 0.497 e. The van der Waals surface area contributed by atoms with Gasteiger partial charge in [0.25, 0.3) is 5.91 Å². The van der Waals surface area contributed by atoms with Gasteiger partial charge in [-0.1, -0.05) is 29.8 Å². The summed E-state index contributed by atoms with van der Waals surface area (Å²) in [6.07, 6.45) is -1.17. The van der Waals surface area contributed by atoms with E-state index in [9.17, 15) is 9.59 Å². The smallest absolute Gasteiger partial charge is 0.339 e. The lowest BCUT2D eigenvalue weighted by molar-refractivity contribution is -0.189. The topological polar surface area (TPSA) is 74.3 Å². The van der Waals surface area contributed by atoms with Gasteiger partial charge in [-0.3, -0.25) is 9.69 Å². The number of amides is 1. The highest BCUT2D eigenvalue weighted by Gasteiger charge is 2.75. The summed E-state index contributed by atoms with van der Waals surface area (Å²) in [5, 5.41) is 0. The van der Waals surface area contributed by atoms with Crippen LogP contribution in [0.2, 0.25) is 0 Å². The number of carbonyl (C=O) groups excluding carboxylic acids is 2. The van der Waals surface area contributed by atoms with Crippen molar-refractivity contribution in [1.29, 1.82) is 0 Å². The van der Waals surface area contributed by atoms with Gasteiger partial charge in [-0.15, -0.1) is 0 Å². The Labute approximate surface area is 181 Å². The van der Waals surface area contributed by atoms with Crippen molar-refractivity contribution in [3.63, 3.8) is 0 Å². The highest BCUT2D eigenvalue weighted by Crippen LogP contribution is 2.56. The van der Waals surface area contributed by atoms with Crippen LogP contribution >= 0.6 is 0 Å². The minimum Gasteiger partial charge on any atom is -0.497 e. The fourth-order valence-corrected chi connectivity index (χ4v) is 4.35. The van der Waals surface area contributed by atoms with E-state index in [-0.39, 0.29) is 12.5 Å².